The predicted molar refractivity (Wildman–Crippen MR) is 134 cm³/mol. The van der Waals surface area contributed by atoms with Gasteiger partial charge in [-0.3, -0.25) is 0 Å². The Morgan fingerprint density at radius 2 is 1.55 bits per heavy atom. The molecule has 2 aromatic carbocycles. The molecule has 0 saturated carbocycles. The van der Waals surface area contributed by atoms with Gasteiger partial charge in [0.25, 0.3) is 0 Å². The molecule has 33 heavy (non-hydrogen) atoms. The number of fused-ring (bicyclic) bond motifs is 3. The topological polar surface area (TPSA) is 0 Å². The maximum atomic E-state index is 3.89. The first-order valence-electron chi connectivity index (χ1n) is 11.4. The minimum atomic E-state index is 0. The summed E-state index contributed by atoms with van der Waals surface area (Å²) >= 11 is 1.55. The molecule has 0 atom stereocenters. The van der Waals surface area contributed by atoms with E-state index in [0.717, 1.165) is 12.8 Å². The molecule has 0 N–H and O–H groups in total. The number of rotatable bonds is 1. The predicted octanol–water partition coefficient (Wildman–Crippen LogP) is 2.06. The van der Waals surface area contributed by atoms with Crippen molar-refractivity contribution in [2.45, 2.75) is 86.0 Å². The van der Waals surface area contributed by atoms with E-state index in [0.29, 0.717) is 0 Å². The van der Waals surface area contributed by atoms with Gasteiger partial charge < -0.3 is 24.8 Å². The van der Waals surface area contributed by atoms with Gasteiger partial charge in [-0.05, 0) is 34.8 Å². The second kappa shape index (κ2) is 11.3. The molecular formula is C30H37Cl2Zr-. The van der Waals surface area contributed by atoms with E-state index in [-0.39, 0.29) is 35.6 Å². The number of halogens is 2. The SMILES string of the molecule is C[C](C)=[Zr+2].Cc1c(C2=CC=CC2)c(C(C)(C)C)[c-]c2c1-c1ccc(C(C)(C)C)cc1C2.[Cl-].[Cl-]. The first kappa shape index (κ1) is 30.3. The average Bonchev–Trinajstić information content (AvgIpc) is 3.26. The summed E-state index contributed by atoms with van der Waals surface area (Å²) in [5.41, 5.74) is 13.1. The molecule has 2 aromatic rings. The quantitative estimate of drug-likeness (QED) is 0.401. The fourth-order valence-corrected chi connectivity index (χ4v) is 4.55. The van der Waals surface area contributed by atoms with Gasteiger partial charge >= 0.3 is 41.3 Å². The largest absolute Gasteiger partial charge is 1.00 e. The van der Waals surface area contributed by atoms with Gasteiger partial charge in [0, 0.05) is 0 Å². The van der Waals surface area contributed by atoms with Gasteiger partial charge in [0.05, 0.1) is 0 Å². The molecule has 0 aromatic heterocycles. The second-order valence-corrected chi connectivity index (χ2v) is 13.7. The molecule has 0 fully saturated rings. The van der Waals surface area contributed by atoms with E-state index in [1.165, 1.54) is 53.3 Å². The molecule has 0 aliphatic heterocycles. The van der Waals surface area contributed by atoms with Gasteiger partial charge in [-0.2, -0.15) is 6.07 Å². The van der Waals surface area contributed by atoms with Crippen LogP contribution in [-0.2, 0) is 41.5 Å². The molecule has 0 bridgehead atoms. The number of hydrogen-bond donors (Lipinski definition) is 0. The van der Waals surface area contributed by atoms with E-state index in [1.54, 1.807) is 24.2 Å². The van der Waals surface area contributed by atoms with Crippen molar-refractivity contribution in [2.75, 3.05) is 0 Å². The molecule has 0 nitrogen and oxygen atoms in total. The van der Waals surface area contributed by atoms with Crippen LogP contribution < -0.4 is 24.8 Å². The summed E-state index contributed by atoms with van der Waals surface area (Å²) in [5.74, 6) is 0. The monoisotopic (exact) mass is 557 g/mol. The Morgan fingerprint density at radius 3 is 2.03 bits per heavy atom. The molecular weight excluding hydrogens is 522 g/mol. The zero-order valence-electron chi connectivity index (χ0n) is 21.6. The first-order chi connectivity index (χ1) is 14.3. The van der Waals surface area contributed by atoms with Crippen LogP contribution in [0.15, 0.2) is 36.4 Å². The van der Waals surface area contributed by atoms with Crippen molar-refractivity contribution in [2.24, 2.45) is 0 Å². The van der Waals surface area contributed by atoms with E-state index in [9.17, 15) is 0 Å². The van der Waals surface area contributed by atoms with Crippen molar-refractivity contribution >= 4 is 8.78 Å². The van der Waals surface area contributed by atoms with Crippen LogP contribution >= 0.6 is 0 Å². The van der Waals surface area contributed by atoms with Crippen LogP contribution in [0.2, 0.25) is 0 Å². The summed E-state index contributed by atoms with van der Waals surface area (Å²) < 4.78 is 1.51. The van der Waals surface area contributed by atoms with E-state index < -0.39 is 0 Å². The summed E-state index contributed by atoms with van der Waals surface area (Å²) in [6.45, 7) is 20.4. The normalized spacial score (nSPS) is 13.7. The third kappa shape index (κ3) is 6.68. The standard InChI is InChI=1S/C27H31.C3H6.2ClH.Zr/c1-17-24-20(14-19-15-21(26(2,3)4)12-13-22(19)24)16-23(27(5,6)7)25(17)18-10-8-9-11-18;1-3-2;;;/h8-10,12-13,15H,11,14H2,1-7H3;1-2H3;2*1H;/q-1;;;;+2/p-2. The fraction of sp³-hybridized carbons (Fsp3) is 0.433. The smallest absolute Gasteiger partial charge is 0.0132 e. The molecule has 0 heterocycles. The second-order valence-electron chi connectivity index (χ2n) is 11.2. The molecule has 2 aliphatic rings. The third-order valence-electron chi connectivity index (χ3n) is 6.03. The van der Waals surface area contributed by atoms with Crippen molar-refractivity contribution in [1.82, 2.24) is 0 Å². The van der Waals surface area contributed by atoms with Gasteiger partial charge in [-0.1, -0.05) is 96.0 Å². The Morgan fingerprint density at radius 1 is 0.939 bits per heavy atom. The van der Waals surface area contributed by atoms with Gasteiger partial charge in [-0.25, -0.2) is 0 Å². The van der Waals surface area contributed by atoms with Crippen molar-refractivity contribution < 1.29 is 49.0 Å². The Bertz CT molecular complexity index is 1090. The summed E-state index contributed by atoms with van der Waals surface area (Å²) in [5, 5.41) is 0. The summed E-state index contributed by atoms with van der Waals surface area (Å²) in [7, 11) is 0. The van der Waals surface area contributed by atoms with Crippen molar-refractivity contribution in [3.63, 3.8) is 0 Å². The van der Waals surface area contributed by atoms with Crippen LogP contribution in [0, 0.1) is 13.0 Å². The van der Waals surface area contributed by atoms with E-state index in [4.69, 9.17) is 0 Å². The van der Waals surface area contributed by atoms with Crippen LogP contribution in [0.4, 0.5) is 0 Å². The minimum absolute atomic E-state index is 0. The molecule has 2 aliphatic carbocycles. The van der Waals surface area contributed by atoms with Crippen molar-refractivity contribution in [3.8, 4) is 11.1 Å². The molecule has 0 spiro atoms. The first-order valence-corrected chi connectivity index (χ1v) is 12.6. The van der Waals surface area contributed by atoms with E-state index >= 15 is 0 Å². The number of hydrogen-bond acceptors (Lipinski definition) is 0. The van der Waals surface area contributed by atoms with Crippen LogP contribution in [0.3, 0.4) is 0 Å². The number of benzene rings is 2. The Balaban J connectivity index is 0.000000842. The minimum Gasteiger partial charge on any atom is -1.00 e. The van der Waals surface area contributed by atoms with Crippen LogP contribution in [0.1, 0.15) is 95.2 Å². The average molecular weight is 560 g/mol. The summed E-state index contributed by atoms with van der Waals surface area (Å²) in [6.07, 6.45) is 8.79. The van der Waals surface area contributed by atoms with Gasteiger partial charge in [0.15, 0.2) is 0 Å². The summed E-state index contributed by atoms with van der Waals surface area (Å²) in [4.78, 5) is 0. The van der Waals surface area contributed by atoms with Crippen molar-refractivity contribution in [1.29, 1.82) is 0 Å². The van der Waals surface area contributed by atoms with E-state index in [1.807, 2.05) is 0 Å². The summed E-state index contributed by atoms with van der Waals surface area (Å²) in [6, 6.07) is 11.0. The maximum absolute atomic E-state index is 3.89. The third-order valence-corrected chi connectivity index (χ3v) is 6.03. The van der Waals surface area contributed by atoms with Crippen LogP contribution in [0.25, 0.3) is 16.7 Å². The molecule has 0 radical (unpaired) electrons. The van der Waals surface area contributed by atoms with Crippen LogP contribution in [0.5, 0.6) is 0 Å². The Kier molecular flexibility index (Phi) is 10.4. The molecule has 3 heteroatoms. The molecule has 0 amide bonds. The van der Waals surface area contributed by atoms with Gasteiger partial charge in [-0.15, -0.1) is 27.8 Å². The van der Waals surface area contributed by atoms with E-state index in [2.05, 4.69) is 105 Å². The molecule has 4 rings (SSSR count). The van der Waals surface area contributed by atoms with Crippen LogP contribution in [-0.4, -0.2) is 3.21 Å². The Labute approximate surface area is 229 Å². The molecule has 0 unspecified atom stereocenters. The zero-order valence-corrected chi connectivity index (χ0v) is 25.6. The maximum Gasteiger partial charge on any atom is -0.0132 e. The molecule has 0 saturated heterocycles. The molecule has 176 valence electrons. The van der Waals surface area contributed by atoms with Crippen molar-refractivity contribution in [3.05, 3.63) is 75.9 Å². The Hall–Kier alpha value is -0.747. The van der Waals surface area contributed by atoms with Gasteiger partial charge in [0.2, 0.25) is 0 Å². The number of allylic oxidation sites excluding steroid dienone is 4. The van der Waals surface area contributed by atoms with Gasteiger partial charge in [0.1, 0.15) is 0 Å². The zero-order chi connectivity index (χ0) is 23.1. The fourth-order valence-electron chi connectivity index (χ4n) is 4.55.